The molecule has 0 aliphatic carbocycles. The third-order valence-electron chi connectivity index (χ3n) is 6.23. The van der Waals surface area contributed by atoms with Gasteiger partial charge in [-0.1, -0.05) is 55.5 Å². The van der Waals surface area contributed by atoms with Gasteiger partial charge in [0.15, 0.2) is 0 Å². The molecule has 0 spiro atoms. The molecule has 0 saturated heterocycles. The molecule has 0 fully saturated rings. The van der Waals surface area contributed by atoms with E-state index in [4.69, 9.17) is 9.84 Å². The predicted molar refractivity (Wildman–Crippen MR) is 141 cm³/mol. The van der Waals surface area contributed by atoms with Crippen LogP contribution in [-0.4, -0.2) is 38.5 Å². The number of aryl methyl sites for hydroxylation is 1. The first-order valence-electron chi connectivity index (χ1n) is 12.5. The van der Waals surface area contributed by atoms with Crippen molar-refractivity contribution in [3.05, 3.63) is 108 Å². The minimum Gasteiger partial charge on any atom is -0.439 e. The maximum atomic E-state index is 13.6. The second-order valence-corrected chi connectivity index (χ2v) is 9.25. The standard InChI is InChI=1S/C30H34FN3O2/c1-4-29-28(21-33(22(2)3)20-26(35)19-23-11-7-5-8-12-23)30(36-27-13-9-6-10-14-27)34(32-29)25-17-15-24(31)16-18-25/h5-18,22,26,35H,4,19-21H2,1-3H3. The van der Waals surface area contributed by atoms with Crippen molar-refractivity contribution >= 4 is 0 Å². The molecule has 4 rings (SSSR count). The van der Waals surface area contributed by atoms with Crippen LogP contribution < -0.4 is 4.74 Å². The van der Waals surface area contributed by atoms with Crippen molar-refractivity contribution in [1.29, 1.82) is 0 Å². The smallest absolute Gasteiger partial charge is 0.227 e. The van der Waals surface area contributed by atoms with Crippen LogP contribution >= 0.6 is 0 Å². The van der Waals surface area contributed by atoms with Crippen LogP contribution in [-0.2, 0) is 19.4 Å². The molecular weight excluding hydrogens is 453 g/mol. The van der Waals surface area contributed by atoms with Crippen LogP contribution in [0.1, 0.15) is 37.6 Å². The van der Waals surface area contributed by atoms with Crippen LogP contribution in [0.5, 0.6) is 11.6 Å². The summed E-state index contributed by atoms with van der Waals surface area (Å²) >= 11 is 0. The van der Waals surface area contributed by atoms with E-state index in [1.165, 1.54) is 12.1 Å². The number of ether oxygens (including phenoxy) is 1. The topological polar surface area (TPSA) is 50.5 Å². The number of aromatic nitrogens is 2. The minimum atomic E-state index is -0.509. The Balaban J connectivity index is 1.67. The Morgan fingerprint density at radius 1 is 0.944 bits per heavy atom. The summed E-state index contributed by atoms with van der Waals surface area (Å²) in [6, 6.07) is 26.1. The Kier molecular flexibility index (Phi) is 8.52. The van der Waals surface area contributed by atoms with Gasteiger partial charge in [-0.15, -0.1) is 0 Å². The Morgan fingerprint density at radius 2 is 1.58 bits per heavy atom. The van der Waals surface area contributed by atoms with Crippen molar-refractivity contribution in [2.45, 2.75) is 52.3 Å². The molecule has 0 aliphatic heterocycles. The van der Waals surface area contributed by atoms with Gasteiger partial charge in [0.2, 0.25) is 5.88 Å². The van der Waals surface area contributed by atoms with E-state index in [9.17, 15) is 9.50 Å². The summed E-state index contributed by atoms with van der Waals surface area (Å²) in [5.74, 6) is 1.00. The van der Waals surface area contributed by atoms with Crippen LogP contribution in [0.15, 0.2) is 84.9 Å². The molecule has 1 aromatic heterocycles. The fourth-order valence-corrected chi connectivity index (χ4v) is 4.27. The summed E-state index contributed by atoms with van der Waals surface area (Å²) in [5, 5.41) is 15.8. The molecule has 4 aromatic rings. The number of para-hydroxylation sites is 1. The number of nitrogens with zero attached hydrogens (tertiary/aromatic N) is 3. The first-order chi connectivity index (χ1) is 17.4. The molecule has 0 saturated carbocycles. The normalized spacial score (nSPS) is 12.3. The monoisotopic (exact) mass is 487 g/mol. The maximum absolute atomic E-state index is 13.6. The number of hydrogen-bond acceptors (Lipinski definition) is 4. The molecule has 0 amide bonds. The number of benzene rings is 3. The van der Waals surface area contributed by atoms with Gasteiger partial charge >= 0.3 is 0 Å². The van der Waals surface area contributed by atoms with Crippen molar-refractivity contribution in [2.75, 3.05) is 6.54 Å². The third-order valence-corrected chi connectivity index (χ3v) is 6.23. The van der Waals surface area contributed by atoms with Gasteiger partial charge < -0.3 is 9.84 Å². The third kappa shape index (κ3) is 6.39. The summed E-state index contributed by atoms with van der Waals surface area (Å²) in [7, 11) is 0. The fourth-order valence-electron chi connectivity index (χ4n) is 4.27. The first kappa shape index (κ1) is 25.6. The number of hydrogen-bond donors (Lipinski definition) is 1. The number of rotatable bonds is 11. The number of aliphatic hydroxyl groups excluding tert-OH is 1. The molecule has 0 aliphatic rings. The molecule has 36 heavy (non-hydrogen) atoms. The lowest BCUT2D eigenvalue weighted by atomic mass is 10.1. The molecule has 3 aromatic carbocycles. The molecule has 1 atom stereocenters. The second-order valence-electron chi connectivity index (χ2n) is 9.25. The van der Waals surface area contributed by atoms with E-state index in [1.807, 2.05) is 60.7 Å². The predicted octanol–water partition coefficient (Wildman–Crippen LogP) is 6.18. The van der Waals surface area contributed by atoms with Gasteiger partial charge in [-0.25, -0.2) is 9.07 Å². The molecule has 1 heterocycles. The highest BCUT2D eigenvalue weighted by Gasteiger charge is 2.25. The van der Waals surface area contributed by atoms with E-state index in [0.29, 0.717) is 37.6 Å². The largest absolute Gasteiger partial charge is 0.439 e. The van der Waals surface area contributed by atoms with Crippen LogP contribution in [0.25, 0.3) is 5.69 Å². The molecule has 5 nitrogen and oxygen atoms in total. The zero-order valence-corrected chi connectivity index (χ0v) is 21.1. The van der Waals surface area contributed by atoms with Gasteiger partial charge in [0.1, 0.15) is 11.6 Å². The van der Waals surface area contributed by atoms with Crippen molar-refractivity contribution in [3.63, 3.8) is 0 Å². The quantitative estimate of drug-likeness (QED) is 0.274. The molecule has 0 bridgehead atoms. The molecule has 1 N–H and O–H groups in total. The number of halogens is 1. The van der Waals surface area contributed by atoms with Crippen molar-refractivity contribution < 1.29 is 14.2 Å². The lowest BCUT2D eigenvalue weighted by Crippen LogP contribution is -2.38. The summed E-state index contributed by atoms with van der Waals surface area (Å²) in [4.78, 5) is 2.25. The molecule has 188 valence electrons. The molecule has 1 unspecified atom stereocenters. The van der Waals surface area contributed by atoms with Gasteiger partial charge in [0.25, 0.3) is 0 Å². The Bertz CT molecular complexity index is 1220. The van der Waals surface area contributed by atoms with E-state index < -0.39 is 6.10 Å². The highest BCUT2D eigenvalue weighted by Crippen LogP contribution is 2.32. The Hall–Kier alpha value is -3.48. The van der Waals surface area contributed by atoms with Gasteiger partial charge in [0, 0.05) is 19.1 Å². The SMILES string of the molecule is CCc1nn(-c2ccc(F)cc2)c(Oc2ccccc2)c1CN(CC(O)Cc1ccccc1)C(C)C. The summed E-state index contributed by atoms with van der Waals surface area (Å²) in [5.41, 5.74) is 3.71. The average molecular weight is 488 g/mol. The van der Waals surface area contributed by atoms with Gasteiger partial charge in [-0.2, -0.15) is 5.10 Å². The van der Waals surface area contributed by atoms with Crippen LogP contribution in [0.2, 0.25) is 0 Å². The summed E-state index contributed by atoms with van der Waals surface area (Å²) in [6.07, 6.45) is 0.797. The van der Waals surface area contributed by atoms with Gasteiger partial charge in [0.05, 0.1) is 23.0 Å². The zero-order valence-electron chi connectivity index (χ0n) is 21.1. The van der Waals surface area contributed by atoms with Crippen LogP contribution in [0.4, 0.5) is 4.39 Å². The summed E-state index contributed by atoms with van der Waals surface area (Å²) < 4.78 is 21.8. The Morgan fingerprint density at radius 3 is 2.19 bits per heavy atom. The van der Waals surface area contributed by atoms with Gasteiger partial charge in [-0.05, 0) is 68.7 Å². The number of aliphatic hydroxyl groups is 1. The molecular formula is C30H34FN3O2. The lowest BCUT2D eigenvalue weighted by molar-refractivity contribution is 0.0902. The fraction of sp³-hybridized carbons (Fsp3) is 0.300. The van der Waals surface area contributed by atoms with Crippen molar-refractivity contribution in [1.82, 2.24) is 14.7 Å². The average Bonchev–Trinajstić information content (AvgIpc) is 3.22. The molecule has 0 radical (unpaired) electrons. The highest BCUT2D eigenvalue weighted by molar-refractivity contribution is 5.44. The first-order valence-corrected chi connectivity index (χ1v) is 12.5. The summed E-state index contributed by atoms with van der Waals surface area (Å²) in [6.45, 7) is 7.40. The van der Waals surface area contributed by atoms with E-state index in [1.54, 1.807) is 16.8 Å². The van der Waals surface area contributed by atoms with Crippen LogP contribution in [0, 0.1) is 5.82 Å². The van der Waals surface area contributed by atoms with Crippen molar-refractivity contribution in [2.24, 2.45) is 0 Å². The van der Waals surface area contributed by atoms with Crippen molar-refractivity contribution in [3.8, 4) is 17.3 Å². The Labute approximate surface area is 212 Å². The minimum absolute atomic E-state index is 0.193. The maximum Gasteiger partial charge on any atom is 0.227 e. The van der Waals surface area contributed by atoms with E-state index in [0.717, 1.165) is 22.5 Å². The molecule has 6 heteroatoms. The van der Waals surface area contributed by atoms with E-state index in [2.05, 4.69) is 25.7 Å². The highest BCUT2D eigenvalue weighted by atomic mass is 19.1. The lowest BCUT2D eigenvalue weighted by Gasteiger charge is -2.29. The van der Waals surface area contributed by atoms with E-state index in [-0.39, 0.29) is 11.9 Å². The van der Waals surface area contributed by atoms with Crippen LogP contribution in [0.3, 0.4) is 0 Å². The van der Waals surface area contributed by atoms with E-state index >= 15 is 0 Å². The second kappa shape index (κ2) is 12.0. The van der Waals surface area contributed by atoms with Gasteiger partial charge in [-0.3, -0.25) is 4.90 Å². The zero-order chi connectivity index (χ0) is 25.5.